The van der Waals surface area contributed by atoms with Crippen LogP contribution in [0.4, 0.5) is 0 Å². The summed E-state index contributed by atoms with van der Waals surface area (Å²) in [4.78, 5) is 12.4. The first kappa shape index (κ1) is 20.3. The summed E-state index contributed by atoms with van der Waals surface area (Å²) in [6.07, 6.45) is 4.29. The van der Waals surface area contributed by atoms with Gasteiger partial charge in [0.2, 0.25) is 0 Å². The van der Waals surface area contributed by atoms with Crippen molar-refractivity contribution in [2.45, 2.75) is 50.4 Å². The van der Waals surface area contributed by atoms with E-state index in [0.29, 0.717) is 33.6 Å². The van der Waals surface area contributed by atoms with E-state index in [1.54, 1.807) is 24.3 Å². The van der Waals surface area contributed by atoms with Gasteiger partial charge in [-0.3, -0.25) is 4.79 Å². The van der Waals surface area contributed by atoms with Crippen LogP contribution < -0.4 is 15.4 Å². The van der Waals surface area contributed by atoms with Crippen LogP contribution in [0.5, 0.6) is 5.75 Å². The highest BCUT2D eigenvalue weighted by molar-refractivity contribution is 6.37. The van der Waals surface area contributed by atoms with E-state index in [9.17, 15) is 4.79 Å². The average molecular weight is 433 g/mol. The fourth-order valence-corrected chi connectivity index (χ4v) is 4.19. The molecule has 2 bridgehead atoms. The van der Waals surface area contributed by atoms with Crippen LogP contribution in [0.3, 0.4) is 0 Å². The number of halogens is 3. The third-order valence-corrected chi connectivity index (χ3v) is 5.47. The molecule has 0 radical (unpaired) electrons. The molecule has 9 heteroatoms. The molecule has 2 atom stereocenters. The number of aromatic nitrogens is 1. The van der Waals surface area contributed by atoms with E-state index >= 15 is 0 Å². The summed E-state index contributed by atoms with van der Waals surface area (Å²) in [5, 5.41) is 11.3. The van der Waals surface area contributed by atoms with E-state index in [4.69, 9.17) is 32.5 Å². The largest absolute Gasteiger partial charge is 0.482 e. The molecule has 27 heavy (non-hydrogen) atoms. The Morgan fingerprint density at radius 1 is 1.26 bits per heavy atom. The van der Waals surface area contributed by atoms with E-state index in [0.717, 1.165) is 12.8 Å². The summed E-state index contributed by atoms with van der Waals surface area (Å²) in [5.74, 6) is 0.585. The lowest BCUT2D eigenvalue weighted by Gasteiger charge is -2.29. The molecule has 1 aromatic heterocycles. The van der Waals surface area contributed by atoms with Gasteiger partial charge in [0.25, 0.3) is 5.91 Å². The number of fused-ring (bicyclic) bond motifs is 2. The van der Waals surface area contributed by atoms with Crippen molar-refractivity contribution in [1.29, 1.82) is 0 Å². The minimum atomic E-state index is -0.220. The molecule has 2 saturated heterocycles. The number of amides is 1. The Bertz CT molecular complexity index is 782. The SMILES string of the molecule is Cl.O=C(NC1CC2CCC(C1)N2)c1cc(COc2c(Cl)cccc2Cl)on1. The van der Waals surface area contributed by atoms with Gasteiger partial charge in [0, 0.05) is 24.2 Å². The van der Waals surface area contributed by atoms with Gasteiger partial charge >= 0.3 is 0 Å². The van der Waals surface area contributed by atoms with E-state index < -0.39 is 0 Å². The Hall–Kier alpha value is -1.47. The molecular weight excluding hydrogens is 413 g/mol. The van der Waals surface area contributed by atoms with E-state index in [2.05, 4.69) is 15.8 Å². The second kappa shape index (κ2) is 8.69. The van der Waals surface area contributed by atoms with Crippen molar-refractivity contribution in [3.05, 3.63) is 45.8 Å². The smallest absolute Gasteiger partial charge is 0.273 e. The second-order valence-electron chi connectivity index (χ2n) is 6.80. The van der Waals surface area contributed by atoms with Crippen LogP contribution in [0, 0.1) is 0 Å². The lowest BCUT2D eigenvalue weighted by molar-refractivity contribution is 0.0914. The molecule has 2 aliphatic heterocycles. The Balaban J connectivity index is 0.00000210. The Morgan fingerprint density at radius 2 is 1.93 bits per heavy atom. The maximum absolute atomic E-state index is 12.4. The van der Waals surface area contributed by atoms with Crippen LogP contribution in [0.1, 0.15) is 41.9 Å². The zero-order valence-corrected chi connectivity index (χ0v) is 16.7. The van der Waals surface area contributed by atoms with Gasteiger partial charge in [0.1, 0.15) is 6.61 Å². The van der Waals surface area contributed by atoms with E-state index in [1.165, 1.54) is 12.8 Å². The van der Waals surface area contributed by atoms with Gasteiger partial charge in [0.05, 0.1) is 10.0 Å². The number of benzene rings is 1. The molecule has 0 aliphatic carbocycles. The first-order valence-corrected chi connectivity index (χ1v) is 9.43. The number of rotatable bonds is 5. The Kier molecular flexibility index (Phi) is 6.52. The zero-order chi connectivity index (χ0) is 18.1. The average Bonchev–Trinajstić information content (AvgIpc) is 3.21. The van der Waals surface area contributed by atoms with Gasteiger partial charge in [-0.15, -0.1) is 12.4 Å². The highest BCUT2D eigenvalue weighted by Gasteiger charge is 2.34. The maximum atomic E-state index is 12.4. The van der Waals surface area contributed by atoms with Crippen molar-refractivity contribution in [3.63, 3.8) is 0 Å². The number of nitrogens with one attached hydrogen (secondary N) is 2. The van der Waals surface area contributed by atoms with E-state index in [1.807, 2.05) is 0 Å². The van der Waals surface area contributed by atoms with E-state index in [-0.39, 0.29) is 36.7 Å². The van der Waals surface area contributed by atoms with Crippen LogP contribution in [-0.4, -0.2) is 29.2 Å². The number of hydrogen-bond acceptors (Lipinski definition) is 5. The van der Waals surface area contributed by atoms with Crippen molar-refractivity contribution in [2.24, 2.45) is 0 Å². The number of nitrogens with zero attached hydrogens (tertiary/aromatic N) is 1. The first-order valence-electron chi connectivity index (χ1n) is 8.68. The second-order valence-corrected chi connectivity index (χ2v) is 7.61. The molecule has 2 N–H and O–H groups in total. The fraction of sp³-hybridized carbons (Fsp3) is 0.444. The third kappa shape index (κ3) is 4.69. The van der Waals surface area contributed by atoms with Crippen molar-refractivity contribution < 1.29 is 14.1 Å². The van der Waals surface area contributed by atoms with Crippen LogP contribution >= 0.6 is 35.6 Å². The number of carbonyl (C=O) groups is 1. The fourth-order valence-electron chi connectivity index (χ4n) is 3.69. The molecule has 2 unspecified atom stereocenters. The monoisotopic (exact) mass is 431 g/mol. The molecule has 1 aromatic carbocycles. The summed E-state index contributed by atoms with van der Waals surface area (Å²) in [5.41, 5.74) is 0.250. The molecule has 4 rings (SSSR count). The van der Waals surface area contributed by atoms with Crippen molar-refractivity contribution in [1.82, 2.24) is 15.8 Å². The number of ether oxygens (including phenoxy) is 1. The van der Waals surface area contributed by atoms with Crippen molar-refractivity contribution >= 4 is 41.5 Å². The van der Waals surface area contributed by atoms with Crippen LogP contribution in [0.15, 0.2) is 28.8 Å². The molecule has 0 spiro atoms. The van der Waals surface area contributed by atoms with Gasteiger partial charge in [-0.05, 0) is 37.8 Å². The number of hydrogen-bond donors (Lipinski definition) is 2. The quantitative estimate of drug-likeness (QED) is 0.747. The first-order chi connectivity index (χ1) is 12.6. The summed E-state index contributed by atoms with van der Waals surface area (Å²) in [7, 11) is 0. The minimum Gasteiger partial charge on any atom is -0.482 e. The van der Waals surface area contributed by atoms with Crippen molar-refractivity contribution in [2.75, 3.05) is 0 Å². The normalized spacial score (nSPS) is 23.6. The molecule has 2 aliphatic rings. The molecule has 146 valence electrons. The third-order valence-electron chi connectivity index (χ3n) is 4.88. The predicted molar refractivity (Wildman–Crippen MR) is 105 cm³/mol. The highest BCUT2D eigenvalue weighted by atomic mass is 35.5. The summed E-state index contributed by atoms with van der Waals surface area (Å²) in [6.45, 7) is 0.0846. The summed E-state index contributed by atoms with van der Waals surface area (Å²) in [6, 6.07) is 7.90. The Labute approximate surface area is 173 Å². The van der Waals surface area contributed by atoms with Crippen LogP contribution in [-0.2, 0) is 6.61 Å². The molecule has 0 saturated carbocycles. The minimum absolute atomic E-state index is 0. The highest BCUT2D eigenvalue weighted by Crippen LogP contribution is 2.33. The number of piperidine rings is 1. The Morgan fingerprint density at radius 3 is 2.59 bits per heavy atom. The molecule has 6 nitrogen and oxygen atoms in total. The zero-order valence-electron chi connectivity index (χ0n) is 14.4. The molecule has 2 fully saturated rings. The van der Waals surface area contributed by atoms with Crippen molar-refractivity contribution in [3.8, 4) is 5.75 Å². The van der Waals surface area contributed by atoms with Gasteiger partial charge in [-0.25, -0.2) is 0 Å². The topological polar surface area (TPSA) is 76.4 Å². The van der Waals surface area contributed by atoms with Gasteiger partial charge in [0.15, 0.2) is 17.2 Å². The lowest BCUT2D eigenvalue weighted by atomic mass is 10.00. The van der Waals surface area contributed by atoms with Gasteiger partial charge < -0.3 is 19.9 Å². The molecule has 1 amide bonds. The number of para-hydroxylation sites is 1. The molecule has 2 aromatic rings. The standard InChI is InChI=1S/C18H19Cl2N3O3.ClH/c19-14-2-1-3-15(20)17(14)25-9-13-8-16(23-26-13)18(24)22-12-6-10-4-5-11(7-12)21-10;/h1-3,8,10-12,21H,4-7,9H2,(H,22,24);1H. The maximum Gasteiger partial charge on any atom is 0.273 e. The summed E-state index contributed by atoms with van der Waals surface area (Å²) < 4.78 is 10.8. The number of carbonyl (C=O) groups excluding carboxylic acids is 1. The predicted octanol–water partition coefficient (Wildman–Crippen LogP) is 4.00. The lowest BCUT2D eigenvalue weighted by Crippen LogP contribution is -2.48. The molecule has 3 heterocycles. The van der Waals surface area contributed by atoms with Gasteiger partial charge in [-0.1, -0.05) is 34.4 Å². The molecular formula is C18H20Cl3N3O3. The van der Waals surface area contributed by atoms with Crippen LogP contribution in [0.2, 0.25) is 10.0 Å². The van der Waals surface area contributed by atoms with Crippen LogP contribution in [0.25, 0.3) is 0 Å². The summed E-state index contributed by atoms with van der Waals surface area (Å²) >= 11 is 12.1. The van der Waals surface area contributed by atoms with Gasteiger partial charge in [-0.2, -0.15) is 0 Å².